The number of hydrogen-bond donors (Lipinski definition) is 2. The van der Waals surface area contributed by atoms with Crippen LogP contribution in [0, 0.1) is 18.8 Å². The van der Waals surface area contributed by atoms with E-state index in [0.717, 1.165) is 35.0 Å². The molecule has 0 spiro atoms. The first kappa shape index (κ1) is 14.2. The van der Waals surface area contributed by atoms with Crippen LogP contribution in [-0.4, -0.2) is 24.0 Å². The largest absolute Gasteiger partial charge is 0.326 e. The highest BCUT2D eigenvalue weighted by atomic mass is 32.1. The molecule has 2 heterocycles. The number of carbonyl (C=O) groups is 1. The number of nitrogens with zero attached hydrogens (tertiary/aromatic N) is 1. The Kier molecular flexibility index (Phi) is 4.03. The lowest BCUT2D eigenvalue weighted by Gasteiger charge is -2.14. The van der Waals surface area contributed by atoms with Crippen molar-refractivity contribution in [1.29, 1.82) is 0 Å². The van der Waals surface area contributed by atoms with E-state index < -0.39 is 0 Å². The Bertz CT molecular complexity index is 652. The summed E-state index contributed by atoms with van der Waals surface area (Å²) < 4.78 is 0. The topological polar surface area (TPSA) is 54.0 Å². The Labute approximate surface area is 128 Å². The first-order valence-corrected chi connectivity index (χ1v) is 8.05. The van der Waals surface area contributed by atoms with Crippen molar-refractivity contribution in [1.82, 2.24) is 10.3 Å². The fourth-order valence-electron chi connectivity index (χ4n) is 2.65. The first-order valence-electron chi connectivity index (χ1n) is 7.17. The maximum atomic E-state index is 12.3. The molecule has 0 aliphatic carbocycles. The minimum absolute atomic E-state index is 0.0511. The highest BCUT2D eigenvalue weighted by Gasteiger charge is 2.29. The van der Waals surface area contributed by atoms with Crippen molar-refractivity contribution in [2.75, 3.05) is 18.4 Å². The van der Waals surface area contributed by atoms with Gasteiger partial charge in [0.25, 0.3) is 0 Å². The summed E-state index contributed by atoms with van der Waals surface area (Å²) in [7, 11) is 0. The molecule has 5 heteroatoms. The molecule has 3 rings (SSSR count). The van der Waals surface area contributed by atoms with E-state index in [0.29, 0.717) is 5.92 Å². The van der Waals surface area contributed by atoms with Crippen molar-refractivity contribution in [2.24, 2.45) is 11.8 Å². The van der Waals surface area contributed by atoms with Crippen molar-refractivity contribution in [3.05, 3.63) is 34.7 Å². The van der Waals surface area contributed by atoms with Gasteiger partial charge in [-0.05, 0) is 31.5 Å². The molecule has 1 amide bonds. The van der Waals surface area contributed by atoms with Gasteiger partial charge in [0.2, 0.25) is 5.91 Å². The predicted molar refractivity (Wildman–Crippen MR) is 86.4 cm³/mol. The van der Waals surface area contributed by atoms with E-state index in [2.05, 4.69) is 22.5 Å². The molecule has 1 aliphatic rings. The standard InChI is InChI=1S/C16H19N3OS/c1-10-7-17-8-14(10)16(20)19-13-5-3-4-12(6-13)15-9-21-11(2)18-15/h3-6,9-10,14,17H,7-8H2,1-2H3,(H,19,20). The number of benzene rings is 1. The minimum atomic E-state index is 0.0511. The fourth-order valence-corrected chi connectivity index (χ4v) is 3.27. The summed E-state index contributed by atoms with van der Waals surface area (Å²) in [5, 5.41) is 9.37. The maximum Gasteiger partial charge on any atom is 0.229 e. The van der Waals surface area contributed by atoms with Crippen LogP contribution in [0.2, 0.25) is 0 Å². The van der Waals surface area contributed by atoms with Crippen LogP contribution in [0.3, 0.4) is 0 Å². The van der Waals surface area contributed by atoms with E-state index in [-0.39, 0.29) is 11.8 Å². The zero-order valence-corrected chi connectivity index (χ0v) is 13.0. The molecule has 21 heavy (non-hydrogen) atoms. The maximum absolute atomic E-state index is 12.3. The highest BCUT2D eigenvalue weighted by Crippen LogP contribution is 2.25. The third kappa shape index (κ3) is 3.14. The zero-order valence-electron chi connectivity index (χ0n) is 12.2. The smallest absolute Gasteiger partial charge is 0.229 e. The summed E-state index contributed by atoms with van der Waals surface area (Å²) in [5.74, 6) is 0.531. The number of amides is 1. The van der Waals surface area contributed by atoms with Gasteiger partial charge in [0.1, 0.15) is 0 Å². The summed E-state index contributed by atoms with van der Waals surface area (Å²) in [4.78, 5) is 16.8. The molecule has 2 atom stereocenters. The Hall–Kier alpha value is -1.72. The SMILES string of the molecule is Cc1nc(-c2cccc(NC(=O)C3CNCC3C)c2)cs1. The minimum Gasteiger partial charge on any atom is -0.326 e. The molecule has 0 saturated carbocycles. The van der Waals surface area contributed by atoms with Gasteiger partial charge in [-0.1, -0.05) is 19.1 Å². The van der Waals surface area contributed by atoms with Gasteiger partial charge in [-0.3, -0.25) is 4.79 Å². The van der Waals surface area contributed by atoms with Gasteiger partial charge in [0, 0.05) is 23.2 Å². The molecule has 110 valence electrons. The number of aryl methyl sites for hydroxylation is 1. The molecule has 1 saturated heterocycles. The average Bonchev–Trinajstić information content (AvgIpc) is 3.08. The van der Waals surface area contributed by atoms with Crippen LogP contribution < -0.4 is 10.6 Å². The molecule has 0 radical (unpaired) electrons. The van der Waals surface area contributed by atoms with Gasteiger partial charge >= 0.3 is 0 Å². The summed E-state index contributed by atoms with van der Waals surface area (Å²) in [5.41, 5.74) is 2.83. The Morgan fingerprint density at radius 1 is 1.43 bits per heavy atom. The van der Waals surface area contributed by atoms with Crippen LogP contribution in [0.4, 0.5) is 5.69 Å². The van der Waals surface area contributed by atoms with Crippen LogP contribution >= 0.6 is 11.3 Å². The summed E-state index contributed by atoms with van der Waals surface area (Å²) >= 11 is 1.63. The van der Waals surface area contributed by atoms with Gasteiger partial charge < -0.3 is 10.6 Å². The molecule has 1 fully saturated rings. The number of thiazole rings is 1. The van der Waals surface area contributed by atoms with Gasteiger partial charge in [-0.25, -0.2) is 4.98 Å². The monoisotopic (exact) mass is 301 g/mol. The molecule has 1 aliphatic heterocycles. The van der Waals surface area contributed by atoms with Crippen molar-refractivity contribution in [3.63, 3.8) is 0 Å². The number of aromatic nitrogens is 1. The van der Waals surface area contributed by atoms with E-state index in [4.69, 9.17) is 0 Å². The van der Waals surface area contributed by atoms with E-state index in [1.54, 1.807) is 11.3 Å². The lowest BCUT2D eigenvalue weighted by Crippen LogP contribution is -2.27. The molecule has 2 aromatic rings. The molecule has 1 aromatic carbocycles. The van der Waals surface area contributed by atoms with E-state index >= 15 is 0 Å². The van der Waals surface area contributed by atoms with Gasteiger partial charge in [-0.2, -0.15) is 0 Å². The van der Waals surface area contributed by atoms with Crippen LogP contribution in [-0.2, 0) is 4.79 Å². The van der Waals surface area contributed by atoms with Crippen LogP contribution in [0.25, 0.3) is 11.3 Å². The van der Waals surface area contributed by atoms with E-state index in [1.807, 2.05) is 36.6 Å². The summed E-state index contributed by atoms with van der Waals surface area (Å²) in [6.07, 6.45) is 0. The van der Waals surface area contributed by atoms with Crippen LogP contribution in [0.5, 0.6) is 0 Å². The zero-order chi connectivity index (χ0) is 14.8. The summed E-state index contributed by atoms with van der Waals surface area (Å²) in [6.45, 7) is 5.78. The second-order valence-corrected chi connectivity index (χ2v) is 6.63. The van der Waals surface area contributed by atoms with Crippen LogP contribution in [0.15, 0.2) is 29.6 Å². The molecule has 1 aromatic heterocycles. The van der Waals surface area contributed by atoms with Crippen molar-refractivity contribution in [2.45, 2.75) is 13.8 Å². The number of carbonyl (C=O) groups excluding carboxylic acids is 1. The fraction of sp³-hybridized carbons (Fsp3) is 0.375. The quantitative estimate of drug-likeness (QED) is 0.916. The highest BCUT2D eigenvalue weighted by molar-refractivity contribution is 7.09. The van der Waals surface area contributed by atoms with E-state index in [1.165, 1.54) is 0 Å². The molecular formula is C16H19N3OS. The molecule has 0 bridgehead atoms. The molecule has 2 N–H and O–H groups in total. The second-order valence-electron chi connectivity index (χ2n) is 5.56. The summed E-state index contributed by atoms with van der Waals surface area (Å²) in [6, 6.07) is 7.88. The average molecular weight is 301 g/mol. The van der Waals surface area contributed by atoms with Crippen molar-refractivity contribution in [3.8, 4) is 11.3 Å². The third-order valence-electron chi connectivity index (χ3n) is 3.90. The number of rotatable bonds is 3. The Morgan fingerprint density at radius 2 is 2.29 bits per heavy atom. The Balaban J connectivity index is 1.76. The Morgan fingerprint density at radius 3 is 2.95 bits per heavy atom. The molecule has 2 unspecified atom stereocenters. The number of anilines is 1. The van der Waals surface area contributed by atoms with Gasteiger partial charge in [0.15, 0.2) is 0 Å². The lowest BCUT2D eigenvalue weighted by atomic mass is 9.97. The number of hydrogen-bond acceptors (Lipinski definition) is 4. The lowest BCUT2D eigenvalue weighted by molar-refractivity contribution is -0.120. The van der Waals surface area contributed by atoms with Gasteiger partial charge in [-0.15, -0.1) is 11.3 Å². The van der Waals surface area contributed by atoms with Crippen molar-refractivity contribution >= 4 is 22.9 Å². The molecular weight excluding hydrogens is 282 g/mol. The van der Waals surface area contributed by atoms with E-state index in [9.17, 15) is 4.79 Å². The predicted octanol–water partition coefficient (Wildman–Crippen LogP) is 2.91. The first-order chi connectivity index (χ1) is 10.1. The molecule has 4 nitrogen and oxygen atoms in total. The number of nitrogens with one attached hydrogen (secondary N) is 2. The van der Waals surface area contributed by atoms with Crippen molar-refractivity contribution < 1.29 is 4.79 Å². The third-order valence-corrected chi connectivity index (χ3v) is 4.67. The second kappa shape index (κ2) is 5.95. The normalized spacial score (nSPS) is 21.4. The van der Waals surface area contributed by atoms with Crippen LogP contribution in [0.1, 0.15) is 11.9 Å². The van der Waals surface area contributed by atoms with Gasteiger partial charge in [0.05, 0.1) is 16.6 Å².